The van der Waals surface area contributed by atoms with Crippen molar-refractivity contribution in [1.29, 1.82) is 0 Å². The van der Waals surface area contributed by atoms with E-state index in [1.165, 1.54) is 6.42 Å². The van der Waals surface area contributed by atoms with Crippen molar-refractivity contribution in [2.24, 2.45) is 5.92 Å². The van der Waals surface area contributed by atoms with Crippen molar-refractivity contribution in [2.75, 3.05) is 19.0 Å². The Morgan fingerprint density at radius 3 is 2.67 bits per heavy atom. The molecule has 0 spiro atoms. The summed E-state index contributed by atoms with van der Waals surface area (Å²) >= 11 is 0. The summed E-state index contributed by atoms with van der Waals surface area (Å²) in [5.41, 5.74) is 1.66. The van der Waals surface area contributed by atoms with Crippen LogP contribution in [0.2, 0.25) is 0 Å². The van der Waals surface area contributed by atoms with Gasteiger partial charge in [0.25, 0.3) is 5.91 Å². The second kappa shape index (κ2) is 8.86. The van der Waals surface area contributed by atoms with Gasteiger partial charge >= 0.3 is 0 Å². The third kappa shape index (κ3) is 4.18. The van der Waals surface area contributed by atoms with E-state index < -0.39 is 6.04 Å². The lowest BCUT2D eigenvalue weighted by atomic mass is 9.84. The Balaban J connectivity index is 1.51. The molecule has 158 valence electrons. The molecule has 1 aliphatic carbocycles. The van der Waals surface area contributed by atoms with Crippen molar-refractivity contribution in [3.63, 3.8) is 0 Å². The molecule has 2 fully saturated rings. The zero-order valence-electron chi connectivity index (χ0n) is 17.8. The van der Waals surface area contributed by atoms with Gasteiger partial charge in [-0.1, -0.05) is 31.0 Å². The van der Waals surface area contributed by atoms with Gasteiger partial charge in [0, 0.05) is 38.4 Å². The number of amides is 2. The van der Waals surface area contributed by atoms with Gasteiger partial charge < -0.3 is 15.1 Å². The molecule has 3 atom stereocenters. The van der Waals surface area contributed by atoms with Gasteiger partial charge in [0.05, 0.1) is 0 Å². The number of carbonyl (C=O) groups is 2. The molecule has 2 aromatic rings. The maximum absolute atomic E-state index is 13.3. The van der Waals surface area contributed by atoms with Crippen LogP contribution in [0.1, 0.15) is 48.0 Å². The Morgan fingerprint density at radius 2 is 1.90 bits per heavy atom. The molecule has 30 heavy (non-hydrogen) atoms. The van der Waals surface area contributed by atoms with Crippen LogP contribution in [0.15, 0.2) is 48.7 Å². The van der Waals surface area contributed by atoms with Gasteiger partial charge in [-0.25, -0.2) is 4.98 Å². The van der Waals surface area contributed by atoms with Crippen LogP contribution >= 0.6 is 0 Å². The van der Waals surface area contributed by atoms with E-state index in [0.717, 1.165) is 37.1 Å². The summed E-state index contributed by atoms with van der Waals surface area (Å²) in [6, 6.07) is 13.0. The van der Waals surface area contributed by atoms with Crippen LogP contribution in [0.25, 0.3) is 0 Å². The number of anilines is 1. The molecule has 1 aromatic carbocycles. The fraction of sp³-hybridized carbons (Fsp3) is 0.458. The van der Waals surface area contributed by atoms with Crippen LogP contribution in [-0.2, 0) is 11.3 Å². The van der Waals surface area contributed by atoms with Gasteiger partial charge in [0.2, 0.25) is 5.91 Å². The minimum absolute atomic E-state index is 0.0241. The molecule has 1 saturated carbocycles. The Morgan fingerprint density at radius 1 is 1.13 bits per heavy atom. The molecule has 0 radical (unpaired) electrons. The molecule has 3 unspecified atom stereocenters. The smallest absolute Gasteiger partial charge is 0.254 e. The molecule has 2 amide bonds. The molecule has 1 saturated heterocycles. The molecule has 0 bridgehead atoms. The molecule has 6 nitrogen and oxygen atoms in total. The summed E-state index contributed by atoms with van der Waals surface area (Å²) in [5, 5.41) is 3.07. The number of carbonyl (C=O) groups excluding carboxylic acids is 2. The molecule has 6 heteroatoms. The maximum Gasteiger partial charge on any atom is 0.254 e. The van der Waals surface area contributed by atoms with Crippen molar-refractivity contribution in [1.82, 2.24) is 15.2 Å². The number of rotatable bonds is 5. The number of fused-ring (bicyclic) bond motifs is 1. The standard InChI is InChI=1S/C24H30N4O2/c1-27(2)22-14-17(12-13-25-22)16-26-23(29)21-15-19-10-6-7-11-20(19)28(21)24(30)18-8-4-3-5-9-18/h3-5,8-9,12-14,19-21H,6-7,10-11,15-16H2,1-2H3,(H,26,29). The Hall–Kier alpha value is -2.89. The average Bonchev–Trinajstić information content (AvgIpc) is 3.17. The molecule has 2 aliphatic rings. The summed E-state index contributed by atoms with van der Waals surface area (Å²) in [5.74, 6) is 1.19. The molecule has 2 heterocycles. The second-order valence-corrected chi connectivity index (χ2v) is 8.58. The van der Waals surface area contributed by atoms with Crippen molar-refractivity contribution >= 4 is 17.6 Å². The summed E-state index contributed by atoms with van der Waals surface area (Å²) < 4.78 is 0. The number of hydrogen-bond donors (Lipinski definition) is 1. The topological polar surface area (TPSA) is 65.5 Å². The highest BCUT2D eigenvalue weighted by Gasteiger charge is 2.47. The van der Waals surface area contributed by atoms with Gasteiger partial charge in [-0.05, 0) is 55.0 Å². The number of nitrogens with one attached hydrogen (secondary N) is 1. The number of aromatic nitrogens is 1. The normalized spacial score (nSPS) is 23.0. The predicted octanol–water partition coefficient (Wildman–Crippen LogP) is 3.24. The average molecular weight is 407 g/mol. The number of likely N-dealkylation sites (tertiary alicyclic amines) is 1. The first-order valence-corrected chi connectivity index (χ1v) is 10.8. The SMILES string of the molecule is CN(C)c1cc(CNC(=O)C2CC3CCCCC3N2C(=O)c2ccccc2)ccn1. The Kier molecular flexibility index (Phi) is 6.02. The Bertz CT molecular complexity index is 899. The first-order chi connectivity index (χ1) is 14.5. The van der Waals surface area contributed by atoms with E-state index in [9.17, 15) is 9.59 Å². The van der Waals surface area contributed by atoms with Crippen LogP contribution in [0.5, 0.6) is 0 Å². The maximum atomic E-state index is 13.3. The van der Waals surface area contributed by atoms with E-state index in [1.807, 2.05) is 66.4 Å². The highest BCUT2D eigenvalue weighted by molar-refractivity contribution is 5.98. The number of pyridine rings is 1. The summed E-state index contributed by atoms with van der Waals surface area (Å²) in [4.78, 5) is 34.7. The Labute approximate surface area is 178 Å². The van der Waals surface area contributed by atoms with Crippen LogP contribution in [0, 0.1) is 5.92 Å². The molecule has 4 rings (SSSR count). The number of benzene rings is 1. The van der Waals surface area contributed by atoms with Gasteiger partial charge in [-0.15, -0.1) is 0 Å². The lowest BCUT2D eigenvalue weighted by Crippen LogP contribution is -2.49. The monoisotopic (exact) mass is 406 g/mol. The fourth-order valence-corrected chi connectivity index (χ4v) is 4.84. The van der Waals surface area contributed by atoms with Crippen LogP contribution in [0.3, 0.4) is 0 Å². The summed E-state index contributed by atoms with van der Waals surface area (Å²) in [6.45, 7) is 0.432. The van der Waals surface area contributed by atoms with Crippen molar-refractivity contribution < 1.29 is 9.59 Å². The number of hydrogen-bond acceptors (Lipinski definition) is 4. The number of nitrogens with zero attached hydrogens (tertiary/aromatic N) is 3. The lowest BCUT2D eigenvalue weighted by Gasteiger charge is -2.33. The van der Waals surface area contributed by atoms with Crippen LogP contribution in [0.4, 0.5) is 5.82 Å². The van der Waals surface area contributed by atoms with Crippen molar-refractivity contribution in [3.8, 4) is 0 Å². The zero-order valence-corrected chi connectivity index (χ0v) is 17.8. The largest absolute Gasteiger partial charge is 0.363 e. The van der Waals surface area contributed by atoms with E-state index in [1.54, 1.807) is 6.20 Å². The van der Waals surface area contributed by atoms with E-state index >= 15 is 0 Å². The minimum atomic E-state index is -0.402. The predicted molar refractivity (Wildman–Crippen MR) is 117 cm³/mol. The highest BCUT2D eigenvalue weighted by Crippen LogP contribution is 2.40. The van der Waals surface area contributed by atoms with Crippen LogP contribution in [-0.4, -0.2) is 47.9 Å². The van der Waals surface area contributed by atoms with Gasteiger partial charge in [-0.3, -0.25) is 9.59 Å². The molecule has 1 N–H and O–H groups in total. The first-order valence-electron chi connectivity index (χ1n) is 10.8. The van der Waals surface area contributed by atoms with Crippen molar-refractivity contribution in [3.05, 3.63) is 59.8 Å². The third-order valence-electron chi connectivity index (χ3n) is 6.38. The summed E-state index contributed by atoms with van der Waals surface area (Å²) in [6.07, 6.45) is 6.92. The third-order valence-corrected chi connectivity index (χ3v) is 6.38. The van der Waals surface area contributed by atoms with Gasteiger partial charge in [0.1, 0.15) is 11.9 Å². The second-order valence-electron chi connectivity index (χ2n) is 8.58. The van der Waals surface area contributed by atoms with Crippen LogP contribution < -0.4 is 10.2 Å². The van der Waals surface area contributed by atoms with E-state index in [4.69, 9.17) is 0 Å². The summed E-state index contributed by atoms with van der Waals surface area (Å²) in [7, 11) is 3.88. The molecular formula is C24H30N4O2. The van der Waals surface area contributed by atoms with Gasteiger partial charge in [-0.2, -0.15) is 0 Å². The quantitative estimate of drug-likeness (QED) is 0.828. The molecule has 1 aromatic heterocycles. The van der Waals surface area contributed by atoms with E-state index in [0.29, 0.717) is 18.0 Å². The van der Waals surface area contributed by atoms with Gasteiger partial charge in [0.15, 0.2) is 0 Å². The lowest BCUT2D eigenvalue weighted by molar-refractivity contribution is -0.125. The van der Waals surface area contributed by atoms with Crippen molar-refractivity contribution in [2.45, 2.75) is 50.7 Å². The molecular weight excluding hydrogens is 376 g/mol. The zero-order chi connectivity index (χ0) is 21.1. The molecule has 1 aliphatic heterocycles. The highest BCUT2D eigenvalue weighted by atomic mass is 16.2. The van der Waals surface area contributed by atoms with E-state index in [2.05, 4.69) is 10.3 Å². The fourth-order valence-electron chi connectivity index (χ4n) is 4.84. The van der Waals surface area contributed by atoms with E-state index in [-0.39, 0.29) is 17.9 Å². The minimum Gasteiger partial charge on any atom is -0.363 e. The first kappa shape index (κ1) is 20.4.